The van der Waals surface area contributed by atoms with Gasteiger partial charge in [0.15, 0.2) is 0 Å². The van der Waals surface area contributed by atoms with Crippen LogP contribution >= 0.6 is 24.8 Å². The van der Waals surface area contributed by atoms with Crippen molar-refractivity contribution in [3.8, 4) is 11.1 Å². The normalized spacial score (nSPS) is 19.1. The van der Waals surface area contributed by atoms with Gasteiger partial charge in [-0.1, -0.05) is 0 Å². The summed E-state index contributed by atoms with van der Waals surface area (Å²) in [6.07, 6.45) is 8.63. The van der Waals surface area contributed by atoms with Gasteiger partial charge < -0.3 is 0 Å². The zero-order chi connectivity index (χ0) is 44.2. The van der Waals surface area contributed by atoms with Crippen molar-refractivity contribution in [3.63, 3.8) is 0 Å². The van der Waals surface area contributed by atoms with Crippen LogP contribution in [0.4, 0.5) is 0 Å². The number of benzene rings is 4. The van der Waals surface area contributed by atoms with E-state index in [1.165, 1.54) is 78.9 Å². The van der Waals surface area contributed by atoms with E-state index in [0.717, 1.165) is 6.42 Å². The molecule has 0 radical (unpaired) electrons. The van der Waals surface area contributed by atoms with Gasteiger partial charge in [0.05, 0.1) is 0 Å². The van der Waals surface area contributed by atoms with Gasteiger partial charge in [0.25, 0.3) is 0 Å². The van der Waals surface area contributed by atoms with Gasteiger partial charge in [-0.05, 0) is 0 Å². The van der Waals surface area contributed by atoms with Crippen LogP contribution in [0, 0.1) is 16.7 Å². The van der Waals surface area contributed by atoms with E-state index in [2.05, 4.69) is 216 Å². The van der Waals surface area contributed by atoms with Crippen molar-refractivity contribution in [3.05, 3.63) is 148 Å². The standard InChI is InChI=1S/C31H37.2C10H13.C7H9.CH2.2ClH.Zr/c1-28(2,3)26-16-30(7,8)24-12-18-11-19-13-25-23(15-21(19)20(18)14-22(24)26)27(29(4,5)6)17-31(25,9)10;2*1-10(2,3)9-7-5-4-6-8-9;1-6-3-4-7(2)5-6;;;;/h12-16H,11H2,1-10H3;2*5-8H,1-3H3;3,5,7H,1-2H3;1H2;2*1H;. The summed E-state index contributed by atoms with van der Waals surface area (Å²) in [5, 5.41) is 0. The number of allylic oxidation sites excluding steroid dienone is 8. The van der Waals surface area contributed by atoms with Crippen molar-refractivity contribution in [2.75, 3.05) is 0 Å². The van der Waals surface area contributed by atoms with Gasteiger partial charge in [-0.3, -0.25) is 0 Å². The first-order valence-corrected chi connectivity index (χ1v) is 29.6. The number of halogens is 2. The van der Waals surface area contributed by atoms with Crippen LogP contribution in [0.2, 0.25) is 0 Å². The minimum atomic E-state index is -5.20. The molecule has 3 heteroatoms. The Morgan fingerprint density at radius 3 is 1.44 bits per heavy atom. The van der Waals surface area contributed by atoms with Crippen molar-refractivity contribution in [1.82, 2.24) is 0 Å². The van der Waals surface area contributed by atoms with E-state index >= 15 is 0 Å². The van der Waals surface area contributed by atoms with Crippen molar-refractivity contribution in [2.24, 2.45) is 16.7 Å². The molecule has 330 valence electrons. The third-order valence-corrected chi connectivity index (χ3v) is 32.7. The molecule has 4 aromatic carbocycles. The van der Waals surface area contributed by atoms with E-state index in [-0.39, 0.29) is 63.2 Å². The molecule has 4 aliphatic rings. The molecule has 0 spiro atoms. The summed E-state index contributed by atoms with van der Waals surface area (Å²) in [6, 6.07) is 30.3. The van der Waals surface area contributed by atoms with Gasteiger partial charge in [-0.15, -0.1) is 24.8 Å². The van der Waals surface area contributed by atoms with Gasteiger partial charge in [-0.25, -0.2) is 0 Å². The fourth-order valence-electron chi connectivity index (χ4n) is 12.4. The van der Waals surface area contributed by atoms with E-state index in [1.807, 2.05) is 0 Å². The van der Waals surface area contributed by atoms with Gasteiger partial charge in [0.2, 0.25) is 0 Å². The molecule has 8 rings (SSSR count). The fourth-order valence-corrected chi connectivity index (χ4v) is 31.8. The topological polar surface area (TPSA) is 0 Å². The molecule has 1 unspecified atom stereocenters. The third-order valence-electron chi connectivity index (χ3n) is 15.4. The second-order valence-electron chi connectivity index (χ2n) is 24.9. The second-order valence-corrected chi connectivity index (χ2v) is 37.5. The first-order chi connectivity index (χ1) is 27.4. The van der Waals surface area contributed by atoms with Gasteiger partial charge in [0, 0.05) is 0 Å². The molecule has 0 aliphatic heterocycles. The molecule has 0 amide bonds. The molecule has 0 fully saturated rings. The van der Waals surface area contributed by atoms with Crippen molar-refractivity contribution in [2.45, 2.75) is 153 Å². The molecule has 0 N–H and O–H groups in total. The number of rotatable bonds is 4. The first-order valence-electron chi connectivity index (χ1n) is 22.9. The Morgan fingerprint density at radius 2 is 1.03 bits per heavy atom. The zero-order valence-electron chi connectivity index (χ0n) is 41.5. The monoisotopic (exact) mass is 944 g/mol. The van der Waals surface area contributed by atoms with Crippen LogP contribution in [0.5, 0.6) is 0 Å². The molecule has 0 saturated carbocycles. The molecule has 0 aromatic heterocycles. The molecule has 0 heterocycles. The molecule has 0 nitrogen and oxygen atoms in total. The minimum absolute atomic E-state index is 0. The quantitative estimate of drug-likeness (QED) is 0.168. The summed E-state index contributed by atoms with van der Waals surface area (Å²) in [7, 11) is 0. The van der Waals surface area contributed by atoms with Crippen LogP contribution in [0.3, 0.4) is 0 Å². The average Bonchev–Trinajstić information content (AvgIpc) is 3.82. The predicted molar refractivity (Wildman–Crippen MR) is 277 cm³/mol. The molecule has 4 aromatic rings. The summed E-state index contributed by atoms with van der Waals surface area (Å²) >= 11 is -5.20. The van der Waals surface area contributed by atoms with Crippen molar-refractivity contribution < 1.29 is 18.3 Å². The van der Waals surface area contributed by atoms with Crippen molar-refractivity contribution >= 4 is 46.7 Å². The van der Waals surface area contributed by atoms with Gasteiger partial charge in [-0.2, -0.15) is 0 Å². The van der Waals surface area contributed by atoms with E-state index in [4.69, 9.17) is 4.21 Å². The second kappa shape index (κ2) is 14.8. The molecule has 1 atom stereocenters. The Kier molecular flexibility index (Phi) is 11.6. The number of hydrogen-bond donors (Lipinski definition) is 0. The first kappa shape index (κ1) is 48.6. The van der Waals surface area contributed by atoms with Crippen LogP contribution in [0.25, 0.3) is 22.3 Å². The maximum absolute atomic E-state index is 6.06. The summed E-state index contributed by atoms with van der Waals surface area (Å²) in [5.74, 6) is 0.277. The van der Waals surface area contributed by atoms with E-state index in [0.29, 0.717) is 0 Å². The number of fused-ring (bicyclic) bond motifs is 5. The fraction of sp³-hybridized carbons (Fsp3) is 0.441. The zero-order valence-corrected chi connectivity index (χ0v) is 45.6. The molecule has 62 heavy (non-hydrogen) atoms. The SMILES string of the molecule is Cl.Cl.[CH2]=[Zr]([C]1=CC(C)=CC1C)([C]1=C(C(C)(C)C)c2cc3c(cc2C1(C)C)Cc1cc2c(cc1-3)C(C(C)(C)C)=CC2(C)C)([c]1ccc(C(C)(C)C)cc1)[c]1ccc(C(C)(C)C)cc1. The predicted octanol–water partition coefficient (Wildman–Crippen LogP) is 15.7. The molecule has 0 saturated heterocycles. The van der Waals surface area contributed by atoms with Crippen LogP contribution < -0.4 is 6.54 Å². The maximum atomic E-state index is 6.06. The molecule has 0 bridgehead atoms. The van der Waals surface area contributed by atoms with Gasteiger partial charge in [0.1, 0.15) is 0 Å². The Morgan fingerprint density at radius 1 is 0.581 bits per heavy atom. The molecule has 4 aliphatic carbocycles. The summed E-state index contributed by atoms with van der Waals surface area (Å²) < 4.78 is 12.1. The molecular weight excluding hydrogens is 871 g/mol. The van der Waals surface area contributed by atoms with Crippen LogP contribution in [-0.2, 0) is 46.4 Å². The van der Waals surface area contributed by atoms with Gasteiger partial charge >= 0.3 is 368 Å². The summed E-state index contributed by atoms with van der Waals surface area (Å²) in [4.78, 5) is 0. The Balaban J connectivity index is 0.00000321. The van der Waals surface area contributed by atoms with E-state index in [9.17, 15) is 0 Å². The summed E-state index contributed by atoms with van der Waals surface area (Å²) in [5.41, 5.74) is 18.5. The Labute approximate surface area is 390 Å². The van der Waals surface area contributed by atoms with Crippen LogP contribution in [0.1, 0.15) is 169 Å². The third kappa shape index (κ3) is 7.03. The van der Waals surface area contributed by atoms with E-state index < -0.39 is 18.3 Å². The van der Waals surface area contributed by atoms with E-state index in [1.54, 1.807) is 6.56 Å². The number of hydrogen-bond acceptors (Lipinski definition) is 0. The van der Waals surface area contributed by atoms with Crippen LogP contribution in [-0.4, -0.2) is 4.21 Å². The average molecular weight is 947 g/mol. The summed E-state index contributed by atoms with van der Waals surface area (Å²) in [6.45, 7) is 43.3. The molecular formula is C59H76Cl2Zr. The van der Waals surface area contributed by atoms with Crippen molar-refractivity contribution in [1.29, 1.82) is 0 Å². The Hall–Kier alpha value is -2.83. The van der Waals surface area contributed by atoms with Crippen LogP contribution in [0.15, 0.2) is 103 Å². The Bertz CT molecular complexity index is 2630.